The Bertz CT molecular complexity index is 361. The number of rotatable bonds is 4. The molecular weight excluding hydrogens is 274 g/mol. The van der Waals surface area contributed by atoms with Gasteiger partial charge in [-0.2, -0.15) is 0 Å². The Morgan fingerprint density at radius 3 is 2.14 bits per heavy atom. The third-order valence-corrected chi connectivity index (χ3v) is 7.01. The lowest BCUT2D eigenvalue weighted by Gasteiger charge is -2.45. The molecule has 4 aliphatic rings. The fourth-order valence-electron chi connectivity index (χ4n) is 5.73. The summed E-state index contributed by atoms with van der Waals surface area (Å²) in [5.41, 5.74) is 0. The summed E-state index contributed by atoms with van der Waals surface area (Å²) in [5, 5.41) is 9.05. The molecule has 2 saturated heterocycles. The maximum absolute atomic E-state index is 9.05. The van der Waals surface area contributed by atoms with Crippen LogP contribution in [-0.2, 0) is 0 Å². The quantitative estimate of drug-likeness (QED) is 0.847. The van der Waals surface area contributed by atoms with Gasteiger partial charge in [0.05, 0.1) is 6.61 Å². The van der Waals surface area contributed by atoms with Crippen molar-refractivity contribution in [2.45, 2.75) is 50.6 Å². The Hall–Kier alpha value is -0.160. The molecule has 1 N–H and O–H groups in total. The van der Waals surface area contributed by atoms with Crippen molar-refractivity contribution in [3.8, 4) is 0 Å². The third-order valence-electron chi connectivity index (χ3n) is 7.01. The van der Waals surface area contributed by atoms with Crippen LogP contribution >= 0.6 is 0 Å². The number of aliphatic hydroxyl groups is 1. The highest BCUT2D eigenvalue weighted by Gasteiger charge is 2.43. The van der Waals surface area contributed by atoms with E-state index in [4.69, 9.17) is 5.11 Å². The lowest BCUT2D eigenvalue weighted by Crippen LogP contribution is -2.54. The van der Waals surface area contributed by atoms with Gasteiger partial charge in [0.1, 0.15) is 0 Å². The van der Waals surface area contributed by atoms with E-state index in [1.165, 1.54) is 64.7 Å². The van der Waals surface area contributed by atoms with E-state index in [0.717, 1.165) is 43.6 Å². The first-order valence-electron chi connectivity index (χ1n) is 9.65. The van der Waals surface area contributed by atoms with Crippen LogP contribution in [0.3, 0.4) is 0 Å². The second-order valence-electron chi connectivity index (χ2n) is 8.11. The highest BCUT2D eigenvalue weighted by molar-refractivity contribution is 4.97. The fourth-order valence-corrected chi connectivity index (χ4v) is 5.73. The zero-order chi connectivity index (χ0) is 14.9. The van der Waals surface area contributed by atoms with E-state index in [0.29, 0.717) is 6.61 Å². The number of piperidine rings is 1. The highest BCUT2D eigenvalue weighted by Crippen LogP contribution is 2.47. The third kappa shape index (κ3) is 3.08. The van der Waals surface area contributed by atoms with E-state index < -0.39 is 0 Å². The van der Waals surface area contributed by atoms with Gasteiger partial charge >= 0.3 is 0 Å². The van der Waals surface area contributed by atoms with Crippen molar-refractivity contribution >= 4 is 0 Å². The van der Waals surface area contributed by atoms with Gasteiger partial charge < -0.3 is 5.11 Å². The summed E-state index contributed by atoms with van der Waals surface area (Å²) < 4.78 is 0. The second-order valence-corrected chi connectivity index (χ2v) is 8.11. The summed E-state index contributed by atoms with van der Waals surface area (Å²) >= 11 is 0. The van der Waals surface area contributed by atoms with Crippen LogP contribution < -0.4 is 0 Å². The molecule has 0 amide bonds. The van der Waals surface area contributed by atoms with Crippen LogP contribution in [0.1, 0.15) is 38.5 Å². The smallest absolute Gasteiger partial charge is 0.0558 e. The molecule has 0 aromatic rings. The lowest BCUT2D eigenvalue weighted by atomic mass is 9.91. The van der Waals surface area contributed by atoms with Crippen molar-refractivity contribution in [2.75, 3.05) is 52.4 Å². The molecular formula is C18H33N3O. The maximum atomic E-state index is 9.05. The topological polar surface area (TPSA) is 30.0 Å². The molecule has 0 radical (unpaired) electrons. The molecule has 4 fully saturated rings. The summed E-state index contributed by atoms with van der Waals surface area (Å²) in [6.07, 6.45) is 8.85. The van der Waals surface area contributed by atoms with Crippen LogP contribution in [0.2, 0.25) is 0 Å². The van der Waals surface area contributed by atoms with Gasteiger partial charge in [-0.15, -0.1) is 0 Å². The zero-order valence-electron chi connectivity index (χ0n) is 14.0. The van der Waals surface area contributed by atoms with Crippen molar-refractivity contribution in [3.63, 3.8) is 0 Å². The van der Waals surface area contributed by atoms with Gasteiger partial charge in [-0.1, -0.05) is 6.42 Å². The normalized spacial score (nSPS) is 38.9. The summed E-state index contributed by atoms with van der Waals surface area (Å²) in [4.78, 5) is 7.98. The molecule has 4 nitrogen and oxygen atoms in total. The van der Waals surface area contributed by atoms with E-state index in [-0.39, 0.29) is 0 Å². The maximum Gasteiger partial charge on any atom is 0.0558 e. The first kappa shape index (κ1) is 15.4. The molecule has 0 aromatic carbocycles. The first-order valence-corrected chi connectivity index (χ1v) is 9.65. The average molecular weight is 307 g/mol. The Morgan fingerprint density at radius 1 is 0.773 bits per heavy atom. The summed E-state index contributed by atoms with van der Waals surface area (Å²) in [6.45, 7) is 8.56. The highest BCUT2D eigenvalue weighted by atomic mass is 16.3. The largest absolute Gasteiger partial charge is 0.395 e. The Balaban J connectivity index is 1.23. The number of β-amino-alcohol motifs (C(OH)–C–C–N with tert-alkyl or cyclic N) is 1. The van der Waals surface area contributed by atoms with Crippen molar-refractivity contribution < 1.29 is 5.11 Å². The molecule has 2 aliphatic heterocycles. The van der Waals surface area contributed by atoms with Gasteiger partial charge in [0, 0.05) is 44.8 Å². The van der Waals surface area contributed by atoms with Crippen LogP contribution in [0, 0.1) is 11.8 Å². The van der Waals surface area contributed by atoms with Gasteiger partial charge in [-0.3, -0.25) is 14.7 Å². The number of hydrogen-bond acceptors (Lipinski definition) is 4. The van der Waals surface area contributed by atoms with Crippen LogP contribution in [0.25, 0.3) is 0 Å². The average Bonchev–Trinajstić information content (AvgIpc) is 3.19. The predicted molar refractivity (Wildman–Crippen MR) is 88.9 cm³/mol. The van der Waals surface area contributed by atoms with Crippen LogP contribution in [-0.4, -0.2) is 84.3 Å². The first-order chi connectivity index (χ1) is 10.8. The van der Waals surface area contributed by atoms with Gasteiger partial charge in [-0.05, 0) is 57.0 Å². The van der Waals surface area contributed by atoms with Crippen molar-refractivity contribution in [3.05, 3.63) is 0 Å². The van der Waals surface area contributed by atoms with Crippen LogP contribution in [0.4, 0.5) is 0 Å². The standard InChI is InChI=1S/C18H33N3O/c22-12-11-19-7-9-20(10-8-19)17-3-5-21(6-4-17)18-14-15-1-2-16(18)13-15/h15-18,22H,1-14H2. The number of piperazine rings is 1. The van der Waals surface area contributed by atoms with Crippen LogP contribution in [0.5, 0.6) is 0 Å². The number of likely N-dealkylation sites (tertiary alicyclic amines) is 1. The monoisotopic (exact) mass is 307 g/mol. The van der Waals surface area contributed by atoms with Crippen molar-refractivity contribution in [1.29, 1.82) is 0 Å². The summed E-state index contributed by atoms with van der Waals surface area (Å²) in [6, 6.07) is 1.77. The minimum Gasteiger partial charge on any atom is -0.395 e. The molecule has 3 unspecified atom stereocenters. The van der Waals surface area contributed by atoms with Crippen LogP contribution in [0.15, 0.2) is 0 Å². The summed E-state index contributed by atoms with van der Waals surface area (Å²) in [5.74, 6) is 2.12. The Morgan fingerprint density at radius 2 is 1.55 bits per heavy atom. The van der Waals surface area contributed by atoms with Gasteiger partial charge in [0.2, 0.25) is 0 Å². The Kier molecular flexibility index (Phi) is 4.72. The van der Waals surface area contributed by atoms with E-state index >= 15 is 0 Å². The molecule has 2 bridgehead atoms. The Labute approximate surface area is 135 Å². The number of hydrogen-bond donors (Lipinski definition) is 1. The van der Waals surface area contributed by atoms with E-state index in [1.807, 2.05) is 0 Å². The molecule has 126 valence electrons. The number of nitrogens with zero attached hydrogens (tertiary/aromatic N) is 3. The number of aliphatic hydroxyl groups excluding tert-OH is 1. The minimum absolute atomic E-state index is 0.307. The molecule has 0 aromatic heterocycles. The molecule has 2 heterocycles. The summed E-state index contributed by atoms with van der Waals surface area (Å²) in [7, 11) is 0. The lowest BCUT2D eigenvalue weighted by molar-refractivity contribution is 0.0345. The minimum atomic E-state index is 0.307. The van der Waals surface area contributed by atoms with E-state index in [1.54, 1.807) is 0 Å². The SMILES string of the molecule is OCCN1CCN(C2CCN(C3CC4CCC3C4)CC2)CC1. The van der Waals surface area contributed by atoms with E-state index in [2.05, 4.69) is 14.7 Å². The van der Waals surface area contributed by atoms with Crippen molar-refractivity contribution in [1.82, 2.24) is 14.7 Å². The second kappa shape index (κ2) is 6.76. The van der Waals surface area contributed by atoms with Gasteiger partial charge in [-0.25, -0.2) is 0 Å². The molecule has 2 aliphatic carbocycles. The molecule has 22 heavy (non-hydrogen) atoms. The predicted octanol–water partition coefficient (Wildman–Crippen LogP) is 1.25. The number of fused-ring (bicyclic) bond motifs is 2. The van der Waals surface area contributed by atoms with Crippen molar-refractivity contribution in [2.24, 2.45) is 11.8 Å². The molecule has 0 spiro atoms. The molecule has 2 saturated carbocycles. The van der Waals surface area contributed by atoms with Gasteiger partial charge in [0.25, 0.3) is 0 Å². The van der Waals surface area contributed by atoms with E-state index in [9.17, 15) is 0 Å². The van der Waals surface area contributed by atoms with Gasteiger partial charge in [0.15, 0.2) is 0 Å². The molecule has 4 heteroatoms. The zero-order valence-corrected chi connectivity index (χ0v) is 14.0. The fraction of sp³-hybridized carbons (Fsp3) is 1.00. The molecule has 4 rings (SSSR count). The molecule has 3 atom stereocenters.